The Morgan fingerprint density at radius 2 is 1.70 bits per heavy atom. The molecule has 2 aromatic rings. The number of hydrogen-bond acceptors (Lipinski definition) is 2. The molecule has 104 valence electrons. The molecule has 0 bridgehead atoms. The van der Waals surface area contributed by atoms with E-state index < -0.39 is 29.0 Å². The minimum absolute atomic E-state index is 0.153. The lowest BCUT2D eigenvalue weighted by atomic mass is 10.2. The molecule has 0 aliphatic heterocycles. The SMILES string of the molecule is O=C(Nc1c(F)cc(F)cc1F)c1cc(S)ccc1Br. The maximum Gasteiger partial charge on any atom is 0.257 e. The monoisotopic (exact) mass is 361 g/mol. The van der Waals surface area contributed by atoms with Crippen LogP contribution in [0.2, 0.25) is 0 Å². The first kappa shape index (κ1) is 14.9. The van der Waals surface area contributed by atoms with Crippen molar-refractivity contribution in [3.05, 3.63) is 57.8 Å². The molecule has 0 aliphatic rings. The number of hydrogen-bond donors (Lipinski definition) is 2. The van der Waals surface area contributed by atoms with Gasteiger partial charge in [-0.15, -0.1) is 12.6 Å². The summed E-state index contributed by atoms with van der Waals surface area (Å²) in [6.45, 7) is 0. The highest BCUT2D eigenvalue weighted by Gasteiger charge is 2.17. The van der Waals surface area contributed by atoms with E-state index in [-0.39, 0.29) is 5.56 Å². The first-order valence-corrected chi connectivity index (χ1v) is 6.57. The van der Waals surface area contributed by atoms with Crippen molar-refractivity contribution in [1.29, 1.82) is 0 Å². The molecule has 20 heavy (non-hydrogen) atoms. The summed E-state index contributed by atoms with van der Waals surface area (Å²) in [7, 11) is 0. The highest BCUT2D eigenvalue weighted by atomic mass is 79.9. The summed E-state index contributed by atoms with van der Waals surface area (Å²) in [6, 6.07) is 5.63. The fourth-order valence-electron chi connectivity index (χ4n) is 1.53. The number of thiol groups is 1. The van der Waals surface area contributed by atoms with Crippen molar-refractivity contribution < 1.29 is 18.0 Å². The number of halogens is 4. The summed E-state index contributed by atoms with van der Waals surface area (Å²) in [5.74, 6) is -4.17. The standard InChI is InChI=1S/C13H7BrF3NOS/c14-9-2-1-7(20)5-8(9)13(19)18-12-10(16)3-6(15)4-11(12)17/h1-5,20H,(H,18,19). The molecule has 0 unspecified atom stereocenters. The molecule has 0 fully saturated rings. The Hall–Kier alpha value is -1.47. The Kier molecular flexibility index (Phi) is 4.39. The predicted octanol–water partition coefficient (Wildman–Crippen LogP) is 4.41. The Balaban J connectivity index is 2.35. The van der Waals surface area contributed by atoms with Crippen LogP contribution in [0.1, 0.15) is 10.4 Å². The quantitative estimate of drug-likeness (QED) is 0.762. The average Bonchev–Trinajstić information content (AvgIpc) is 2.36. The summed E-state index contributed by atoms with van der Waals surface area (Å²) in [5, 5.41) is 2.07. The molecule has 0 saturated carbocycles. The van der Waals surface area contributed by atoms with Gasteiger partial charge in [-0.2, -0.15) is 0 Å². The van der Waals surface area contributed by atoms with Crippen LogP contribution in [0.5, 0.6) is 0 Å². The molecule has 2 aromatic carbocycles. The molecule has 0 radical (unpaired) electrons. The minimum Gasteiger partial charge on any atom is -0.317 e. The number of anilines is 1. The Morgan fingerprint density at radius 1 is 1.10 bits per heavy atom. The van der Waals surface area contributed by atoms with Gasteiger partial charge in [0.1, 0.15) is 11.5 Å². The number of amides is 1. The van der Waals surface area contributed by atoms with Gasteiger partial charge in [0.05, 0.1) is 5.56 Å². The van der Waals surface area contributed by atoms with E-state index in [4.69, 9.17) is 0 Å². The van der Waals surface area contributed by atoms with Gasteiger partial charge >= 0.3 is 0 Å². The third-order valence-corrected chi connectivity index (χ3v) is 3.41. The second-order valence-electron chi connectivity index (χ2n) is 3.86. The molecule has 0 spiro atoms. The Bertz CT molecular complexity index is 670. The fourth-order valence-corrected chi connectivity index (χ4v) is 2.16. The topological polar surface area (TPSA) is 29.1 Å². The van der Waals surface area contributed by atoms with Gasteiger partial charge in [0.25, 0.3) is 5.91 Å². The summed E-state index contributed by atoms with van der Waals surface area (Å²) in [6.07, 6.45) is 0. The first-order valence-electron chi connectivity index (χ1n) is 5.33. The zero-order valence-electron chi connectivity index (χ0n) is 9.75. The van der Waals surface area contributed by atoms with Crippen LogP contribution in [0.25, 0.3) is 0 Å². The van der Waals surface area contributed by atoms with Gasteiger partial charge < -0.3 is 5.32 Å². The molecular formula is C13H7BrF3NOS. The van der Waals surface area contributed by atoms with E-state index in [1.54, 1.807) is 12.1 Å². The summed E-state index contributed by atoms with van der Waals surface area (Å²) in [4.78, 5) is 12.5. The van der Waals surface area contributed by atoms with Crippen LogP contribution in [-0.4, -0.2) is 5.91 Å². The van der Waals surface area contributed by atoms with E-state index >= 15 is 0 Å². The third kappa shape index (κ3) is 3.16. The van der Waals surface area contributed by atoms with Gasteiger partial charge in [-0.25, -0.2) is 13.2 Å². The largest absolute Gasteiger partial charge is 0.317 e. The van der Waals surface area contributed by atoms with Crippen molar-refractivity contribution in [1.82, 2.24) is 0 Å². The van der Waals surface area contributed by atoms with Crippen LogP contribution in [-0.2, 0) is 0 Å². The average molecular weight is 362 g/mol. The summed E-state index contributed by atoms with van der Waals surface area (Å²) in [5.41, 5.74) is -0.548. The van der Waals surface area contributed by atoms with Crippen molar-refractivity contribution in [2.45, 2.75) is 4.90 Å². The highest BCUT2D eigenvalue weighted by molar-refractivity contribution is 9.10. The second kappa shape index (κ2) is 5.88. The first-order chi connectivity index (χ1) is 9.38. The van der Waals surface area contributed by atoms with Crippen LogP contribution in [0.15, 0.2) is 39.7 Å². The van der Waals surface area contributed by atoms with E-state index in [0.29, 0.717) is 21.5 Å². The maximum absolute atomic E-state index is 13.4. The van der Waals surface area contributed by atoms with Crippen molar-refractivity contribution in [2.24, 2.45) is 0 Å². The van der Waals surface area contributed by atoms with Crippen LogP contribution < -0.4 is 5.32 Å². The van der Waals surface area contributed by atoms with Crippen LogP contribution in [0.3, 0.4) is 0 Å². The van der Waals surface area contributed by atoms with E-state index in [2.05, 4.69) is 33.9 Å². The highest BCUT2D eigenvalue weighted by Crippen LogP contribution is 2.24. The number of benzene rings is 2. The fraction of sp³-hybridized carbons (Fsp3) is 0. The van der Waals surface area contributed by atoms with E-state index in [0.717, 1.165) is 0 Å². The van der Waals surface area contributed by atoms with Gasteiger partial charge in [-0.1, -0.05) is 0 Å². The van der Waals surface area contributed by atoms with E-state index in [9.17, 15) is 18.0 Å². The molecule has 0 aromatic heterocycles. The van der Waals surface area contributed by atoms with Crippen molar-refractivity contribution in [3.63, 3.8) is 0 Å². The van der Waals surface area contributed by atoms with Gasteiger partial charge in [-0.05, 0) is 34.1 Å². The molecule has 1 amide bonds. The van der Waals surface area contributed by atoms with Crippen LogP contribution in [0.4, 0.5) is 18.9 Å². The lowest BCUT2D eigenvalue weighted by Crippen LogP contribution is -2.15. The third-order valence-electron chi connectivity index (χ3n) is 2.44. The molecule has 2 nitrogen and oxygen atoms in total. The van der Waals surface area contributed by atoms with Crippen LogP contribution in [0, 0.1) is 17.5 Å². The zero-order chi connectivity index (χ0) is 14.9. The van der Waals surface area contributed by atoms with Crippen molar-refractivity contribution >= 4 is 40.2 Å². The maximum atomic E-state index is 13.4. The number of carbonyl (C=O) groups is 1. The van der Waals surface area contributed by atoms with Gasteiger partial charge in [0.2, 0.25) is 0 Å². The van der Waals surface area contributed by atoms with E-state index in [1.807, 2.05) is 0 Å². The molecule has 0 saturated heterocycles. The number of carbonyl (C=O) groups excluding carboxylic acids is 1. The number of nitrogens with one attached hydrogen (secondary N) is 1. The smallest absolute Gasteiger partial charge is 0.257 e. The Labute approximate surface area is 126 Å². The van der Waals surface area contributed by atoms with Gasteiger partial charge in [0, 0.05) is 21.5 Å². The second-order valence-corrected chi connectivity index (χ2v) is 5.23. The zero-order valence-corrected chi connectivity index (χ0v) is 12.2. The van der Waals surface area contributed by atoms with E-state index in [1.165, 1.54) is 6.07 Å². The molecule has 2 rings (SSSR count). The number of rotatable bonds is 2. The molecular weight excluding hydrogens is 355 g/mol. The molecule has 0 heterocycles. The minimum atomic E-state index is -1.19. The lowest BCUT2D eigenvalue weighted by Gasteiger charge is -2.09. The van der Waals surface area contributed by atoms with Crippen LogP contribution >= 0.6 is 28.6 Å². The summed E-state index contributed by atoms with van der Waals surface area (Å²) >= 11 is 7.23. The molecule has 0 atom stereocenters. The normalized spacial score (nSPS) is 10.4. The summed E-state index contributed by atoms with van der Waals surface area (Å²) < 4.78 is 40.1. The molecule has 0 aliphatic carbocycles. The predicted molar refractivity (Wildman–Crippen MR) is 75.7 cm³/mol. The van der Waals surface area contributed by atoms with Crippen molar-refractivity contribution in [3.8, 4) is 0 Å². The van der Waals surface area contributed by atoms with Gasteiger partial charge in [0.15, 0.2) is 11.6 Å². The van der Waals surface area contributed by atoms with Gasteiger partial charge in [-0.3, -0.25) is 4.79 Å². The van der Waals surface area contributed by atoms with Crippen molar-refractivity contribution in [2.75, 3.05) is 5.32 Å². The Morgan fingerprint density at radius 3 is 2.30 bits per heavy atom. The lowest BCUT2D eigenvalue weighted by molar-refractivity contribution is 0.102. The molecule has 1 N–H and O–H groups in total. The molecule has 7 heteroatoms.